The fraction of sp³-hybridized carbons (Fsp3) is 0.385. The highest BCUT2D eigenvalue weighted by molar-refractivity contribution is 5.98. The van der Waals surface area contributed by atoms with Crippen LogP contribution in [0.1, 0.15) is 23.2 Å². The third-order valence-corrected chi connectivity index (χ3v) is 3.00. The van der Waals surface area contributed by atoms with Crippen LogP contribution in [-0.4, -0.2) is 31.4 Å². The molecule has 1 aromatic carbocycles. The van der Waals surface area contributed by atoms with Crippen LogP contribution in [-0.2, 0) is 4.79 Å². The molecule has 5 nitrogen and oxygen atoms in total. The van der Waals surface area contributed by atoms with Crippen LogP contribution in [0.5, 0.6) is 0 Å². The molecule has 1 aliphatic heterocycles. The van der Waals surface area contributed by atoms with E-state index in [0.717, 1.165) is 19.4 Å². The van der Waals surface area contributed by atoms with Gasteiger partial charge in [-0.3, -0.25) is 9.59 Å². The van der Waals surface area contributed by atoms with Crippen molar-refractivity contribution in [3.05, 3.63) is 29.8 Å². The van der Waals surface area contributed by atoms with E-state index in [9.17, 15) is 9.59 Å². The first-order valence-electron chi connectivity index (χ1n) is 6.07. The highest BCUT2D eigenvalue weighted by Crippen LogP contribution is 2.13. The van der Waals surface area contributed by atoms with Crippen LogP contribution in [0.2, 0.25) is 0 Å². The van der Waals surface area contributed by atoms with Crippen molar-refractivity contribution in [1.29, 1.82) is 0 Å². The number of carbonyl (C=O) groups is 2. The highest BCUT2D eigenvalue weighted by atomic mass is 16.2. The minimum absolute atomic E-state index is 0.0402. The van der Waals surface area contributed by atoms with Gasteiger partial charge in [0.05, 0.1) is 6.04 Å². The smallest absolute Gasteiger partial charge is 0.251 e. The average Bonchev–Trinajstić information content (AvgIpc) is 2.92. The Morgan fingerprint density at radius 2 is 2.22 bits per heavy atom. The van der Waals surface area contributed by atoms with Gasteiger partial charge in [-0.2, -0.15) is 0 Å². The number of hydrogen-bond donors (Lipinski definition) is 3. The van der Waals surface area contributed by atoms with Gasteiger partial charge in [0.15, 0.2) is 0 Å². The Kier molecular flexibility index (Phi) is 3.94. The van der Waals surface area contributed by atoms with E-state index in [-0.39, 0.29) is 17.9 Å². The van der Waals surface area contributed by atoms with Crippen LogP contribution in [0.25, 0.3) is 0 Å². The monoisotopic (exact) mass is 247 g/mol. The molecule has 96 valence electrons. The van der Waals surface area contributed by atoms with E-state index in [1.807, 2.05) is 0 Å². The van der Waals surface area contributed by atoms with E-state index >= 15 is 0 Å². The Bertz CT molecular complexity index is 453. The first-order chi connectivity index (χ1) is 8.70. The van der Waals surface area contributed by atoms with Crippen LogP contribution >= 0.6 is 0 Å². The predicted molar refractivity (Wildman–Crippen MR) is 69.5 cm³/mol. The van der Waals surface area contributed by atoms with E-state index in [0.29, 0.717) is 11.3 Å². The lowest BCUT2D eigenvalue weighted by Crippen LogP contribution is -2.35. The van der Waals surface area contributed by atoms with E-state index in [2.05, 4.69) is 16.0 Å². The molecule has 0 spiro atoms. The van der Waals surface area contributed by atoms with Gasteiger partial charge in [-0.05, 0) is 37.6 Å². The fourth-order valence-corrected chi connectivity index (χ4v) is 2.02. The molecule has 2 rings (SSSR count). The van der Waals surface area contributed by atoms with Crippen molar-refractivity contribution in [1.82, 2.24) is 10.6 Å². The number of hydrogen-bond acceptors (Lipinski definition) is 3. The third kappa shape index (κ3) is 2.87. The molecule has 5 heteroatoms. The molecule has 0 saturated carbocycles. The lowest BCUT2D eigenvalue weighted by atomic mass is 10.1. The molecule has 0 radical (unpaired) electrons. The summed E-state index contributed by atoms with van der Waals surface area (Å²) in [5.41, 5.74) is 1.18. The maximum absolute atomic E-state index is 11.9. The molecule has 2 amide bonds. The molecule has 1 aromatic rings. The summed E-state index contributed by atoms with van der Waals surface area (Å²) < 4.78 is 0. The summed E-state index contributed by atoms with van der Waals surface area (Å²) in [6.45, 7) is 0.885. The van der Waals surface area contributed by atoms with Crippen molar-refractivity contribution < 1.29 is 9.59 Å². The van der Waals surface area contributed by atoms with Gasteiger partial charge in [0, 0.05) is 18.3 Å². The quantitative estimate of drug-likeness (QED) is 0.737. The van der Waals surface area contributed by atoms with E-state index in [4.69, 9.17) is 0 Å². The Morgan fingerprint density at radius 1 is 1.39 bits per heavy atom. The number of benzene rings is 1. The van der Waals surface area contributed by atoms with Gasteiger partial charge in [-0.1, -0.05) is 6.07 Å². The maximum Gasteiger partial charge on any atom is 0.251 e. The number of anilines is 1. The zero-order valence-electron chi connectivity index (χ0n) is 10.3. The van der Waals surface area contributed by atoms with E-state index in [1.54, 1.807) is 31.3 Å². The first-order valence-corrected chi connectivity index (χ1v) is 6.07. The number of carbonyl (C=O) groups excluding carboxylic acids is 2. The Labute approximate surface area is 106 Å². The van der Waals surface area contributed by atoms with Gasteiger partial charge in [-0.25, -0.2) is 0 Å². The van der Waals surface area contributed by atoms with E-state index in [1.165, 1.54) is 0 Å². The molecule has 0 aromatic heterocycles. The predicted octanol–water partition coefficient (Wildman–Crippen LogP) is 0.737. The van der Waals surface area contributed by atoms with Crippen LogP contribution in [0.15, 0.2) is 24.3 Å². The van der Waals surface area contributed by atoms with Crippen LogP contribution < -0.4 is 16.0 Å². The normalized spacial score (nSPS) is 18.4. The van der Waals surface area contributed by atoms with Crippen molar-refractivity contribution in [2.24, 2.45) is 0 Å². The molecular formula is C13H17N3O2. The second-order valence-corrected chi connectivity index (χ2v) is 4.30. The zero-order valence-corrected chi connectivity index (χ0v) is 10.3. The summed E-state index contributed by atoms with van der Waals surface area (Å²) in [5.74, 6) is -0.202. The lowest BCUT2D eigenvalue weighted by molar-refractivity contribution is -0.117. The molecule has 18 heavy (non-hydrogen) atoms. The summed E-state index contributed by atoms with van der Waals surface area (Å²) in [6.07, 6.45) is 1.89. The molecule has 1 heterocycles. The average molecular weight is 247 g/mol. The van der Waals surface area contributed by atoms with Crippen molar-refractivity contribution in [3.8, 4) is 0 Å². The van der Waals surface area contributed by atoms with E-state index < -0.39 is 0 Å². The van der Waals surface area contributed by atoms with Crippen molar-refractivity contribution >= 4 is 17.5 Å². The second-order valence-electron chi connectivity index (χ2n) is 4.30. The number of rotatable bonds is 3. The standard InChI is InChI=1S/C13H17N3O2/c1-14-12(17)9-4-2-5-10(8-9)16-13(18)11-6-3-7-15-11/h2,4-5,8,11,15H,3,6-7H2,1H3,(H,14,17)(H,16,18)/t11-/m0/s1. The molecule has 1 fully saturated rings. The molecule has 1 atom stereocenters. The highest BCUT2D eigenvalue weighted by Gasteiger charge is 2.21. The largest absolute Gasteiger partial charge is 0.355 e. The van der Waals surface area contributed by atoms with Gasteiger partial charge in [0.25, 0.3) is 5.91 Å². The summed E-state index contributed by atoms with van der Waals surface area (Å²) in [4.78, 5) is 23.4. The number of amides is 2. The maximum atomic E-state index is 11.9. The van der Waals surface area contributed by atoms with Crippen molar-refractivity contribution in [2.45, 2.75) is 18.9 Å². The summed E-state index contributed by atoms with van der Waals surface area (Å²) in [7, 11) is 1.58. The Morgan fingerprint density at radius 3 is 2.89 bits per heavy atom. The zero-order chi connectivity index (χ0) is 13.0. The van der Waals surface area contributed by atoms with Crippen molar-refractivity contribution in [3.63, 3.8) is 0 Å². The van der Waals surface area contributed by atoms with Crippen molar-refractivity contribution in [2.75, 3.05) is 18.9 Å². The Hall–Kier alpha value is -1.88. The molecule has 1 aliphatic rings. The molecule has 0 aliphatic carbocycles. The molecular weight excluding hydrogens is 230 g/mol. The van der Waals surface area contributed by atoms with Gasteiger partial charge in [0.2, 0.25) is 5.91 Å². The minimum atomic E-state index is -0.162. The molecule has 0 unspecified atom stereocenters. The van der Waals surface area contributed by atoms with Gasteiger partial charge >= 0.3 is 0 Å². The summed E-state index contributed by atoms with van der Waals surface area (Å²) in [5, 5.41) is 8.51. The minimum Gasteiger partial charge on any atom is -0.355 e. The summed E-state index contributed by atoms with van der Waals surface area (Å²) >= 11 is 0. The van der Waals surface area contributed by atoms with Crippen LogP contribution in [0, 0.1) is 0 Å². The van der Waals surface area contributed by atoms with Crippen LogP contribution in [0.4, 0.5) is 5.69 Å². The topological polar surface area (TPSA) is 70.2 Å². The second kappa shape index (κ2) is 5.64. The van der Waals surface area contributed by atoms with Gasteiger partial charge < -0.3 is 16.0 Å². The lowest BCUT2D eigenvalue weighted by Gasteiger charge is -2.11. The molecule has 1 saturated heterocycles. The first kappa shape index (κ1) is 12.6. The van der Waals surface area contributed by atoms with Crippen LogP contribution in [0.3, 0.4) is 0 Å². The summed E-state index contributed by atoms with van der Waals surface area (Å²) in [6, 6.07) is 6.80. The third-order valence-electron chi connectivity index (χ3n) is 3.00. The fourth-order valence-electron chi connectivity index (χ4n) is 2.02. The molecule has 3 N–H and O–H groups in total. The number of nitrogens with one attached hydrogen (secondary N) is 3. The van der Waals surface area contributed by atoms with Gasteiger partial charge in [0.1, 0.15) is 0 Å². The SMILES string of the molecule is CNC(=O)c1cccc(NC(=O)[C@@H]2CCCN2)c1. The van der Waals surface area contributed by atoms with Gasteiger partial charge in [-0.15, -0.1) is 0 Å². The molecule has 0 bridgehead atoms. The Balaban J connectivity index is 2.04.